The molecule has 0 radical (unpaired) electrons. The summed E-state index contributed by atoms with van der Waals surface area (Å²) < 4.78 is 0. The van der Waals surface area contributed by atoms with Crippen molar-refractivity contribution in [3.8, 4) is 0 Å². The van der Waals surface area contributed by atoms with E-state index in [1.807, 2.05) is 0 Å². The number of nitrogens with one attached hydrogen (secondary N) is 2. The molecule has 1 aliphatic heterocycles. The number of piperidine rings is 1. The number of urea groups is 1. The highest BCUT2D eigenvalue weighted by Gasteiger charge is 2.21. The Morgan fingerprint density at radius 3 is 2.50 bits per heavy atom. The molecule has 0 atom stereocenters. The van der Waals surface area contributed by atoms with Crippen LogP contribution in [0.2, 0.25) is 0 Å². The fourth-order valence-electron chi connectivity index (χ4n) is 2.98. The van der Waals surface area contributed by atoms with Crippen molar-refractivity contribution in [2.75, 3.05) is 19.6 Å². The first-order chi connectivity index (χ1) is 11.6. The third kappa shape index (κ3) is 5.15. The van der Waals surface area contributed by atoms with E-state index in [4.69, 9.17) is 10.7 Å². The molecule has 0 aliphatic carbocycles. The minimum atomic E-state index is -0.329. The molecule has 2 amide bonds. The second-order valence-corrected chi connectivity index (χ2v) is 6.06. The third-order valence-corrected chi connectivity index (χ3v) is 4.40. The summed E-state index contributed by atoms with van der Waals surface area (Å²) in [5.74, 6) is 0.834. The standard InChI is InChI=1S/C18H29N5O/c1-3-14-7-5-6-8-15(14)13-21-18(20-4-2)22-16-9-11-23(12-10-16)17(19)24/h5-8,16H,3-4,9-13H2,1-2H3,(H2,19,24)(H2,20,21,22). The molecule has 2 rings (SSSR count). The van der Waals surface area contributed by atoms with Gasteiger partial charge in [-0.1, -0.05) is 31.2 Å². The fraction of sp³-hybridized carbons (Fsp3) is 0.556. The van der Waals surface area contributed by atoms with Gasteiger partial charge in [0.15, 0.2) is 5.96 Å². The smallest absolute Gasteiger partial charge is 0.314 e. The number of aryl methyl sites for hydroxylation is 1. The van der Waals surface area contributed by atoms with Crippen LogP contribution in [0.15, 0.2) is 29.3 Å². The summed E-state index contributed by atoms with van der Waals surface area (Å²) in [5.41, 5.74) is 7.94. The monoisotopic (exact) mass is 331 g/mol. The van der Waals surface area contributed by atoms with Gasteiger partial charge < -0.3 is 21.3 Å². The van der Waals surface area contributed by atoms with E-state index in [-0.39, 0.29) is 6.03 Å². The Morgan fingerprint density at radius 1 is 1.25 bits per heavy atom. The predicted octanol–water partition coefficient (Wildman–Crippen LogP) is 1.85. The highest BCUT2D eigenvalue weighted by atomic mass is 16.2. The lowest BCUT2D eigenvalue weighted by molar-refractivity contribution is 0.188. The summed E-state index contributed by atoms with van der Waals surface area (Å²) in [6, 6.07) is 8.42. The fourth-order valence-corrected chi connectivity index (χ4v) is 2.98. The lowest BCUT2D eigenvalue weighted by Crippen LogP contribution is -2.50. The van der Waals surface area contributed by atoms with Crippen molar-refractivity contribution in [3.63, 3.8) is 0 Å². The number of rotatable bonds is 5. The Hall–Kier alpha value is -2.24. The van der Waals surface area contributed by atoms with Crippen molar-refractivity contribution in [1.29, 1.82) is 0 Å². The highest BCUT2D eigenvalue weighted by Crippen LogP contribution is 2.12. The molecular formula is C18H29N5O. The average molecular weight is 331 g/mol. The highest BCUT2D eigenvalue weighted by molar-refractivity contribution is 5.80. The predicted molar refractivity (Wildman–Crippen MR) is 97.9 cm³/mol. The van der Waals surface area contributed by atoms with Crippen LogP contribution in [0.3, 0.4) is 0 Å². The van der Waals surface area contributed by atoms with Gasteiger partial charge in [0.25, 0.3) is 0 Å². The van der Waals surface area contributed by atoms with Crippen molar-refractivity contribution < 1.29 is 4.79 Å². The summed E-state index contributed by atoms with van der Waals surface area (Å²) in [4.78, 5) is 17.6. The largest absolute Gasteiger partial charge is 0.357 e. The second kappa shape index (κ2) is 9.15. The first kappa shape index (κ1) is 18.1. The molecule has 0 aromatic heterocycles. The summed E-state index contributed by atoms with van der Waals surface area (Å²) >= 11 is 0. The third-order valence-electron chi connectivity index (χ3n) is 4.40. The van der Waals surface area contributed by atoms with Crippen LogP contribution < -0.4 is 16.4 Å². The zero-order valence-corrected chi connectivity index (χ0v) is 14.7. The quantitative estimate of drug-likeness (QED) is 0.569. The lowest BCUT2D eigenvalue weighted by Gasteiger charge is -2.32. The zero-order valence-electron chi connectivity index (χ0n) is 14.7. The molecule has 0 saturated carbocycles. The molecule has 1 aromatic rings. The van der Waals surface area contributed by atoms with E-state index in [1.165, 1.54) is 11.1 Å². The topological polar surface area (TPSA) is 82.8 Å². The number of benzene rings is 1. The van der Waals surface area contributed by atoms with Crippen LogP contribution in [0.4, 0.5) is 4.79 Å². The molecule has 6 nitrogen and oxygen atoms in total. The first-order valence-corrected chi connectivity index (χ1v) is 8.80. The number of nitrogens with two attached hydrogens (primary N) is 1. The van der Waals surface area contributed by atoms with Crippen LogP contribution in [-0.2, 0) is 13.0 Å². The van der Waals surface area contributed by atoms with E-state index >= 15 is 0 Å². The van der Waals surface area contributed by atoms with Crippen LogP contribution in [0.5, 0.6) is 0 Å². The summed E-state index contributed by atoms with van der Waals surface area (Å²) in [5, 5.41) is 6.79. The minimum absolute atomic E-state index is 0.319. The van der Waals surface area contributed by atoms with Crippen molar-refractivity contribution in [2.45, 2.75) is 45.7 Å². The van der Waals surface area contributed by atoms with Gasteiger partial charge in [0.1, 0.15) is 0 Å². The van der Waals surface area contributed by atoms with E-state index in [0.717, 1.165) is 31.8 Å². The van der Waals surface area contributed by atoms with Crippen molar-refractivity contribution in [2.24, 2.45) is 10.7 Å². The van der Waals surface area contributed by atoms with Crippen LogP contribution in [0.1, 0.15) is 37.8 Å². The number of likely N-dealkylation sites (tertiary alicyclic amines) is 1. The molecule has 0 bridgehead atoms. The van der Waals surface area contributed by atoms with Gasteiger partial charge in [-0.3, -0.25) is 0 Å². The molecule has 132 valence electrons. The van der Waals surface area contributed by atoms with E-state index in [2.05, 4.69) is 48.7 Å². The molecule has 1 aliphatic rings. The Morgan fingerprint density at radius 2 is 1.92 bits per heavy atom. The molecule has 6 heteroatoms. The zero-order chi connectivity index (χ0) is 17.4. The van der Waals surface area contributed by atoms with E-state index < -0.39 is 0 Å². The lowest BCUT2D eigenvalue weighted by atomic mass is 10.1. The number of primary amides is 1. The number of amides is 2. The Kier molecular flexibility index (Phi) is 6.90. The molecule has 1 heterocycles. The van der Waals surface area contributed by atoms with Crippen molar-refractivity contribution in [3.05, 3.63) is 35.4 Å². The minimum Gasteiger partial charge on any atom is -0.357 e. The number of carbonyl (C=O) groups is 1. The summed E-state index contributed by atoms with van der Waals surface area (Å²) in [7, 11) is 0. The second-order valence-electron chi connectivity index (χ2n) is 6.06. The van der Waals surface area contributed by atoms with Crippen LogP contribution in [-0.4, -0.2) is 42.6 Å². The molecule has 24 heavy (non-hydrogen) atoms. The first-order valence-electron chi connectivity index (χ1n) is 8.80. The van der Waals surface area contributed by atoms with E-state index in [0.29, 0.717) is 25.7 Å². The van der Waals surface area contributed by atoms with Crippen LogP contribution in [0, 0.1) is 0 Å². The van der Waals surface area contributed by atoms with Gasteiger partial charge in [0.2, 0.25) is 0 Å². The SMILES string of the molecule is CCNC(=NCc1ccccc1CC)NC1CCN(C(N)=O)CC1. The van der Waals surface area contributed by atoms with Crippen molar-refractivity contribution >= 4 is 12.0 Å². The molecule has 4 N–H and O–H groups in total. The van der Waals surface area contributed by atoms with Gasteiger partial charge in [-0.2, -0.15) is 0 Å². The Balaban J connectivity index is 1.95. The molecule has 1 saturated heterocycles. The summed E-state index contributed by atoms with van der Waals surface area (Å²) in [6.07, 6.45) is 2.79. The number of guanidine groups is 1. The molecule has 1 fully saturated rings. The van der Waals surface area contributed by atoms with Crippen LogP contribution in [0.25, 0.3) is 0 Å². The number of nitrogens with zero attached hydrogens (tertiary/aromatic N) is 2. The molecule has 1 aromatic carbocycles. The average Bonchev–Trinajstić information content (AvgIpc) is 2.60. The van der Waals surface area contributed by atoms with Gasteiger partial charge in [0.05, 0.1) is 6.54 Å². The maximum atomic E-state index is 11.2. The number of carbonyl (C=O) groups excluding carboxylic acids is 1. The number of aliphatic imine (C=N–C) groups is 1. The molecule has 0 unspecified atom stereocenters. The van der Waals surface area contributed by atoms with Gasteiger partial charge in [0, 0.05) is 25.7 Å². The van der Waals surface area contributed by atoms with Crippen LogP contribution >= 0.6 is 0 Å². The Bertz CT molecular complexity index is 564. The van der Waals surface area contributed by atoms with Gasteiger partial charge in [-0.25, -0.2) is 9.79 Å². The van der Waals surface area contributed by atoms with E-state index in [1.54, 1.807) is 4.90 Å². The van der Waals surface area contributed by atoms with Crippen molar-refractivity contribution in [1.82, 2.24) is 15.5 Å². The van der Waals surface area contributed by atoms with Gasteiger partial charge >= 0.3 is 6.03 Å². The van der Waals surface area contributed by atoms with Gasteiger partial charge in [-0.15, -0.1) is 0 Å². The number of hydrogen-bond donors (Lipinski definition) is 3. The molecule has 0 spiro atoms. The Labute approximate surface area is 144 Å². The maximum Gasteiger partial charge on any atom is 0.314 e. The van der Waals surface area contributed by atoms with E-state index in [9.17, 15) is 4.79 Å². The maximum absolute atomic E-state index is 11.2. The number of hydrogen-bond acceptors (Lipinski definition) is 2. The normalized spacial score (nSPS) is 16.1. The van der Waals surface area contributed by atoms with Gasteiger partial charge in [-0.05, 0) is 37.3 Å². The molecular weight excluding hydrogens is 302 g/mol. The summed E-state index contributed by atoms with van der Waals surface area (Å²) in [6.45, 7) is 7.11.